The molecule has 162 valence electrons. The van der Waals surface area contributed by atoms with Crippen molar-refractivity contribution in [3.8, 4) is 0 Å². The third kappa shape index (κ3) is 5.06. The Labute approximate surface area is 191 Å². The van der Waals surface area contributed by atoms with Gasteiger partial charge >= 0.3 is 0 Å². The molecular formula is C26H23ClFN3O. The van der Waals surface area contributed by atoms with E-state index in [0.29, 0.717) is 18.0 Å². The van der Waals surface area contributed by atoms with Crippen LogP contribution >= 0.6 is 11.6 Å². The summed E-state index contributed by atoms with van der Waals surface area (Å²) in [7, 11) is 0. The third-order valence-electron chi connectivity index (χ3n) is 5.27. The minimum Gasteiger partial charge on any atom is -0.343 e. The van der Waals surface area contributed by atoms with Crippen LogP contribution in [0, 0.1) is 5.82 Å². The van der Waals surface area contributed by atoms with Crippen LogP contribution < -0.4 is 5.32 Å². The number of hydrogen-bond acceptors (Lipinski definition) is 2. The van der Waals surface area contributed by atoms with Crippen LogP contribution in [0.5, 0.6) is 0 Å². The first-order valence-corrected chi connectivity index (χ1v) is 10.8. The predicted octanol–water partition coefficient (Wildman–Crippen LogP) is 6.16. The Morgan fingerprint density at radius 1 is 1.09 bits per heavy atom. The molecule has 0 aliphatic carbocycles. The summed E-state index contributed by atoms with van der Waals surface area (Å²) in [6.45, 7) is 2.63. The molecule has 0 spiro atoms. The highest BCUT2D eigenvalue weighted by Gasteiger charge is 2.20. The summed E-state index contributed by atoms with van der Waals surface area (Å²) in [6, 6.07) is 21.4. The Kier molecular flexibility index (Phi) is 6.66. The zero-order valence-electron chi connectivity index (χ0n) is 17.6. The van der Waals surface area contributed by atoms with Gasteiger partial charge in [0.15, 0.2) is 0 Å². The molecule has 1 atom stereocenters. The Morgan fingerprint density at radius 2 is 1.81 bits per heavy atom. The van der Waals surface area contributed by atoms with Gasteiger partial charge in [0, 0.05) is 17.6 Å². The molecule has 1 amide bonds. The van der Waals surface area contributed by atoms with Gasteiger partial charge in [-0.2, -0.15) is 0 Å². The molecule has 0 saturated carbocycles. The molecule has 1 aromatic heterocycles. The molecule has 0 bridgehead atoms. The molecule has 0 aliphatic heterocycles. The average molecular weight is 448 g/mol. The molecule has 4 rings (SSSR count). The Morgan fingerprint density at radius 3 is 2.53 bits per heavy atom. The van der Waals surface area contributed by atoms with E-state index < -0.39 is 0 Å². The van der Waals surface area contributed by atoms with Crippen LogP contribution in [0.25, 0.3) is 17.1 Å². The molecule has 4 nitrogen and oxygen atoms in total. The number of amides is 1. The van der Waals surface area contributed by atoms with Gasteiger partial charge in [-0.25, -0.2) is 9.37 Å². The van der Waals surface area contributed by atoms with Crippen molar-refractivity contribution in [3.05, 3.63) is 107 Å². The summed E-state index contributed by atoms with van der Waals surface area (Å²) in [6.07, 6.45) is 3.81. The van der Waals surface area contributed by atoms with E-state index in [2.05, 4.69) is 9.88 Å². The monoisotopic (exact) mass is 447 g/mol. The number of nitrogens with zero attached hydrogens (tertiary/aromatic N) is 2. The van der Waals surface area contributed by atoms with Crippen molar-refractivity contribution in [2.75, 3.05) is 0 Å². The Bertz CT molecular complexity index is 1250. The topological polar surface area (TPSA) is 46.9 Å². The van der Waals surface area contributed by atoms with E-state index in [9.17, 15) is 9.18 Å². The van der Waals surface area contributed by atoms with Crippen molar-refractivity contribution in [1.82, 2.24) is 14.9 Å². The van der Waals surface area contributed by atoms with Gasteiger partial charge in [0.05, 0.1) is 17.1 Å². The zero-order valence-corrected chi connectivity index (χ0v) is 18.4. The number of aromatic nitrogens is 2. The van der Waals surface area contributed by atoms with E-state index in [0.717, 1.165) is 28.0 Å². The molecule has 1 heterocycles. The van der Waals surface area contributed by atoms with Crippen LogP contribution in [0.3, 0.4) is 0 Å². The fourth-order valence-electron chi connectivity index (χ4n) is 3.61. The maximum Gasteiger partial charge on any atom is 0.244 e. The lowest BCUT2D eigenvalue weighted by molar-refractivity contribution is -0.117. The summed E-state index contributed by atoms with van der Waals surface area (Å²) in [5, 5.41) is 3.75. The highest BCUT2D eigenvalue weighted by molar-refractivity contribution is 6.30. The van der Waals surface area contributed by atoms with Crippen LogP contribution in [0.1, 0.15) is 36.3 Å². The van der Waals surface area contributed by atoms with E-state index in [1.807, 2.05) is 55.5 Å². The minimum absolute atomic E-state index is 0.230. The number of nitrogens with one attached hydrogen (secondary N) is 1. The van der Waals surface area contributed by atoms with E-state index >= 15 is 0 Å². The van der Waals surface area contributed by atoms with Gasteiger partial charge in [-0.3, -0.25) is 4.79 Å². The van der Waals surface area contributed by atoms with Gasteiger partial charge in [0.1, 0.15) is 11.6 Å². The predicted molar refractivity (Wildman–Crippen MR) is 127 cm³/mol. The maximum atomic E-state index is 13.1. The van der Waals surface area contributed by atoms with Gasteiger partial charge in [-0.1, -0.05) is 54.9 Å². The smallest absolute Gasteiger partial charge is 0.244 e. The Hall–Kier alpha value is -3.44. The first-order chi connectivity index (χ1) is 15.5. The fraction of sp³-hybridized carbons (Fsp3) is 0.154. The molecular weight excluding hydrogens is 425 g/mol. The largest absolute Gasteiger partial charge is 0.343 e. The molecule has 0 saturated heterocycles. The number of hydrogen-bond donors (Lipinski definition) is 1. The number of carbonyl (C=O) groups is 1. The van der Waals surface area contributed by atoms with Crippen molar-refractivity contribution in [1.29, 1.82) is 0 Å². The highest BCUT2D eigenvalue weighted by atomic mass is 35.5. The normalized spacial score (nSPS) is 12.3. The number of fused-ring (bicyclic) bond motifs is 1. The quantitative estimate of drug-likeness (QED) is 0.345. The molecule has 0 fully saturated rings. The summed E-state index contributed by atoms with van der Waals surface area (Å²) in [4.78, 5) is 17.5. The van der Waals surface area contributed by atoms with Gasteiger partial charge in [0.25, 0.3) is 0 Å². The second-order valence-corrected chi connectivity index (χ2v) is 7.96. The molecule has 4 aromatic rings. The molecule has 32 heavy (non-hydrogen) atoms. The number of carbonyl (C=O) groups excluding carboxylic acids is 1. The fourth-order valence-corrected chi connectivity index (χ4v) is 3.74. The molecule has 0 aliphatic rings. The third-order valence-corrected chi connectivity index (χ3v) is 5.52. The van der Waals surface area contributed by atoms with E-state index in [1.54, 1.807) is 18.2 Å². The van der Waals surface area contributed by atoms with Crippen LogP contribution in [-0.2, 0) is 11.3 Å². The van der Waals surface area contributed by atoms with Gasteiger partial charge in [-0.15, -0.1) is 0 Å². The number of para-hydroxylation sites is 2. The molecule has 0 radical (unpaired) electrons. The first kappa shape index (κ1) is 21.8. The average Bonchev–Trinajstić information content (AvgIpc) is 3.17. The van der Waals surface area contributed by atoms with Crippen molar-refractivity contribution in [2.24, 2.45) is 0 Å². The summed E-state index contributed by atoms with van der Waals surface area (Å²) < 4.78 is 15.2. The van der Waals surface area contributed by atoms with Crippen molar-refractivity contribution < 1.29 is 9.18 Å². The lowest BCUT2D eigenvalue weighted by Crippen LogP contribution is -2.29. The van der Waals surface area contributed by atoms with Crippen LogP contribution in [0.4, 0.5) is 4.39 Å². The minimum atomic E-state index is -0.308. The Balaban J connectivity index is 1.60. The number of benzene rings is 3. The summed E-state index contributed by atoms with van der Waals surface area (Å²) in [5.41, 5.74) is 3.73. The summed E-state index contributed by atoms with van der Waals surface area (Å²) in [5.74, 6) is 0.260. The summed E-state index contributed by atoms with van der Waals surface area (Å²) >= 11 is 6.04. The van der Waals surface area contributed by atoms with Crippen molar-refractivity contribution in [2.45, 2.75) is 25.9 Å². The molecule has 1 N–H and O–H groups in total. The standard InChI is InChI=1S/C26H23ClFN3O/c1-2-22(29-25(32)16-11-18-9-14-21(28)15-10-18)26-30-23-5-3-4-6-24(23)31(26)17-19-7-12-20(27)13-8-19/h3-16,22H,2,17H2,1H3,(H,29,32)/b16-11+. The van der Waals surface area contributed by atoms with Crippen molar-refractivity contribution in [3.63, 3.8) is 0 Å². The van der Waals surface area contributed by atoms with E-state index in [1.165, 1.54) is 18.2 Å². The molecule has 1 unspecified atom stereocenters. The van der Waals surface area contributed by atoms with Crippen LogP contribution in [0.2, 0.25) is 5.02 Å². The van der Waals surface area contributed by atoms with Gasteiger partial charge < -0.3 is 9.88 Å². The van der Waals surface area contributed by atoms with Gasteiger partial charge in [0.2, 0.25) is 5.91 Å². The SMILES string of the molecule is CCC(NC(=O)/C=C/c1ccc(F)cc1)c1nc2ccccc2n1Cc1ccc(Cl)cc1. The van der Waals surface area contributed by atoms with Crippen LogP contribution in [0.15, 0.2) is 78.9 Å². The van der Waals surface area contributed by atoms with E-state index in [-0.39, 0.29) is 17.8 Å². The van der Waals surface area contributed by atoms with Gasteiger partial charge in [-0.05, 0) is 60.0 Å². The lowest BCUT2D eigenvalue weighted by Gasteiger charge is -2.18. The number of rotatable bonds is 7. The second-order valence-electron chi connectivity index (χ2n) is 7.53. The molecule has 6 heteroatoms. The number of halogens is 2. The van der Waals surface area contributed by atoms with Crippen molar-refractivity contribution >= 4 is 34.6 Å². The van der Waals surface area contributed by atoms with E-state index in [4.69, 9.17) is 16.6 Å². The lowest BCUT2D eigenvalue weighted by atomic mass is 10.1. The highest BCUT2D eigenvalue weighted by Crippen LogP contribution is 2.24. The van der Waals surface area contributed by atoms with Crippen LogP contribution in [-0.4, -0.2) is 15.5 Å². The maximum absolute atomic E-state index is 13.1. The second kappa shape index (κ2) is 9.79. The number of imidazole rings is 1. The molecule has 3 aromatic carbocycles. The zero-order chi connectivity index (χ0) is 22.5. The first-order valence-electron chi connectivity index (χ1n) is 10.5.